The fraction of sp³-hybridized carbons (Fsp3) is 0.421. The van der Waals surface area contributed by atoms with Crippen LogP contribution in [0.15, 0.2) is 25.0 Å². The molecule has 10 nitrogen and oxygen atoms in total. The highest BCUT2D eigenvalue weighted by Gasteiger charge is 2.26. The molecule has 30 heavy (non-hydrogen) atoms. The molecule has 0 aromatic carbocycles. The van der Waals surface area contributed by atoms with E-state index in [1.54, 1.807) is 11.1 Å². The molecule has 4 heterocycles. The Bertz CT molecular complexity index is 1100. The number of aromatic nitrogens is 6. The van der Waals surface area contributed by atoms with Gasteiger partial charge in [-0.3, -0.25) is 14.6 Å². The first-order valence-electron chi connectivity index (χ1n) is 10.0. The molecule has 2 aliphatic rings. The van der Waals surface area contributed by atoms with Crippen LogP contribution in [0.4, 0.5) is 17.5 Å². The Morgan fingerprint density at radius 1 is 1.33 bits per heavy atom. The second-order valence-corrected chi connectivity index (χ2v) is 8.03. The summed E-state index contributed by atoms with van der Waals surface area (Å²) < 4.78 is 1.96. The number of carbonyl (C=O) groups is 1. The van der Waals surface area contributed by atoms with Gasteiger partial charge in [-0.15, -0.1) is 0 Å². The maximum absolute atomic E-state index is 12.0. The van der Waals surface area contributed by atoms with Crippen molar-refractivity contribution in [1.82, 2.24) is 34.8 Å². The molecule has 1 aliphatic heterocycles. The Labute approximate surface area is 177 Å². The van der Waals surface area contributed by atoms with Crippen molar-refractivity contribution < 1.29 is 4.79 Å². The summed E-state index contributed by atoms with van der Waals surface area (Å²) in [4.78, 5) is 22.9. The van der Waals surface area contributed by atoms with E-state index in [0.717, 1.165) is 37.9 Å². The van der Waals surface area contributed by atoms with Gasteiger partial charge in [0.25, 0.3) is 0 Å². The van der Waals surface area contributed by atoms with E-state index in [-0.39, 0.29) is 11.9 Å². The maximum atomic E-state index is 12.0. The molecule has 3 aromatic rings. The number of piperidine rings is 1. The molecule has 0 spiro atoms. The van der Waals surface area contributed by atoms with Crippen LogP contribution in [0, 0.1) is 0 Å². The first kappa shape index (κ1) is 18.9. The minimum atomic E-state index is -0.0642. The first-order chi connectivity index (χ1) is 14.6. The number of amides is 1. The van der Waals surface area contributed by atoms with Gasteiger partial charge in [-0.05, 0) is 31.8 Å². The second-order valence-electron chi connectivity index (χ2n) is 7.67. The average Bonchev–Trinajstić information content (AvgIpc) is 3.39. The Kier molecular flexibility index (Phi) is 4.78. The molecule has 1 aliphatic carbocycles. The van der Waals surface area contributed by atoms with Crippen molar-refractivity contribution in [3.05, 3.63) is 30.2 Å². The van der Waals surface area contributed by atoms with Crippen molar-refractivity contribution in [2.75, 3.05) is 23.7 Å². The van der Waals surface area contributed by atoms with E-state index in [9.17, 15) is 4.79 Å². The summed E-state index contributed by atoms with van der Waals surface area (Å²) in [5.41, 5.74) is 1.35. The number of rotatable bonds is 6. The van der Waals surface area contributed by atoms with Crippen molar-refractivity contribution in [2.45, 2.75) is 37.8 Å². The Balaban J connectivity index is 1.40. The Morgan fingerprint density at radius 2 is 2.20 bits per heavy atom. The van der Waals surface area contributed by atoms with Crippen LogP contribution >= 0.6 is 11.6 Å². The standard InChI is InChI=1S/C19H22ClN9O/c1-2-14(30)28-7-3-4-11(9-28)22-17-15-16(20)26-27-18(15)25-19(24-17)23-12-8-21-29(10-12)13-5-6-13/h2,8,10-11,13H,1,3-7,9H2,(H3,22,23,24,25,26,27)/t11-/m1/s1. The van der Waals surface area contributed by atoms with E-state index in [0.29, 0.717) is 40.5 Å². The zero-order valence-electron chi connectivity index (χ0n) is 16.3. The SMILES string of the molecule is C=CC(=O)N1CCC[C@@H](Nc2nc(Nc3cnn(C4CC4)c3)nc3[nH]nc(Cl)c23)C1. The molecule has 0 unspecified atom stereocenters. The number of anilines is 3. The van der Waals surface area contributed by atoms with Gasteiger partial charge in [0, 0.05) is 25.3 Å². The third-order valence-corrected chi connectivity index (χ3v) is 5.68. The number of aromatic amines is 1. The predicted octanol–water partition coefficient (Wildman–Crippen LogP) is 2.87. The molecule has 3 aromatic heterocycles. The molecular formula is C19H22ClN9O. The van der Waals surface area contributed by atoms with Crippen molar-refractivity contribution in [1.29, 1.82) is 0 Å². The topological polar surface area (TPSA) is 117 Å². The number of likely N-dealkylation sites (tertiary alicyclic amines) is 1. The fourth-order valence-corrected chi connectivity index (χ4v) is 3.96. The van der Waals surface area contributed by atoms with Crippen molar-refractivity contribution >= 4 is 46.0 Å². The maximum Gasteiger partial charge on any atom is 0.246 e. The number of nitrogens with one attached hydrogen (secondary N) is 3. The lowest BCUT2D eigenvalue weighted by Gasteiger charge is -2.32. The highest BCUT2D eigenvalue weighted by Crippen LogP contribution is 2.35. The van der Waals surface area contributed by atoms with Crippen LogP contribution in [0.2, 0.25) is 5.15 Å². The quantitative estimate of drug-likeness (QED) is 0.518. The van der Waals surface area contributed by atoms with Gasteiger partial charge >= 0.3 is 0 Å². The highest BCUT2D eigenvalue weighted by atomic mass is 35.5. The lowest BCUT2D eigenvalue weighted by atomic mass is 10.1. The number of carbonyl (C=O) groups excluding carboxylic acids is 1. The molecule has 2 fully saturated rings. The summed E-state index contributed by atoms with van der Waals surface area (Å²) in [5.74, 6) is 0.926. The number of hydrogen-bond acceptors (Lipinski definition) is 7. The molecule has 1 atom stereocenters. The molecule has 0 radical (unpaired) electrons. The van der Waals surface area contributed by atoms with E-state index in [1.165, 1.54) is 6.08 Å². The summed E-state index contributed by atoms with van der Waals surface area (Å²) >= 11 is 6.28. The minimum absolute atomic E-state index is 0.0391. The first-order valence-corrected chi connectivity index (χ1v) is 10.4. The number of hydrogen-bond donors (Lipinski definition) is 3. The third-order valence-electron chi connectivity index (χ3n) is 5.40. The fourth-order valence-electron chi connectivity index (χ4n) is 3.74. The van der Waals surface area contributed by atoms with Crippen LogP contribution in [-0.2, 0) is 4.79 Å². The van der Waals surface area contributed by atoms with Crippen LogP contribution in [0.1, 0.15) is 31.7 Å². The van der Waals surface area contributed by atoms with Crippen molar-refractivity contribution in [2.24, 2.45) is 0 Å². The van der Waals surface area contributed by atoms with Crippen LogP contribution in [-0.4, -0.2) is 59.9 Å². The lowest BCUT2D eigenvalue weighted by Crippen LogP contribution is -2.44. The average molecular weight is 428 g/mol. The van der Waals surface area contributed by atoms with E-state index >= 15 is 0 Å². The summed E-state index contributed by atoms with van der Waals surface area (Å²) in [6.45, 7) is 4.88. The van der Waals surface area contributed by atoms with Gasteiger partial charge < -0.3 is 15.5 Å². The van der Waals surface area contributed by atoms with E-state index in [4.69, 9.17) is 11.6 Å². The van der Waals surface area contributed by atoms with Crippen molar-refractivity contribution in [3.63, 3.8) is 0 Å². The smallest absolute Gasteiger partial charge is 0.246 e. The Hall–Kier alpha value is -3.14. The van der Waals surface area contributed by atoms with Gasteiger partial charge in [0.2, 0.25) is 11.9 Å². The third kappa shape index (κ3) is 3.70. The monoisotopic (exact) mass is 427 g/mol. The second kappa shape index (κ2) is 7.60. The lowest BCUT2D eigenvalue weighted by molar-refractivity contribution is -0.127. The van der Waals surface area contributed by atoms with Gasteiger partial charge in [0.1, 0.15) is 11.2 Å². The van der Waals surface area contributed by atoms with Crippen LogP contribution in [0.25, 0.3) is 11.0 Å². The van der Waals surface area contributed by atoms with Gasteiger partial charge in [-0.2, -0.15) is 20.2 Å². The number of H-pyrrole nitrogens is 1. The normalized spacial score (nSPS) is 19.1. The van der Waals surface area contributed by atoms with Gasteiger partial charge in [-0.1, -0.05) is 18.2 Å². The molecular weight excluding hydrogens is 406 g/mol. The number of halogens is 1. The number of nitrogens with zero attached hydrogens (tertiary/aromatic N) is 6. The van der Waals surface area contributed by atoms with Gasteiger partial charge in [0.05, 0.1) is 17.9 Å². The molecule has 156 valence electrons. The predicted molar refractivity (Wildman–Crippen MR) is 114 cm³/mol. The van der Waals surface area contributed by atoms with E-state index in [1.807, 2.05) is 10.9 Å². The molecule has 11 heteroatoms. The largest absolute Gasteiger partial charge is 0.365 e. The molecule has 1 amide bonds. The summed E-state index contributed by atoms with van der Waals surface area (Å²) in [7, 11) is 0. The van der Waals surface area contributed by atoms with Crippen LogP contribution < -0.4 is 10.6 Å². The molecule has 1 saturated carbocycles. The van der Waals surface area contributed by atoms with Crippen molar-refractivity contribution in [3.8, 4) is 0 Å². The van der Waals surface area contributed by atoms with Crippen LogP contribution in [0.5, 0.6) is 0 Å². The summed E-state index contributed by atoms with van der Waals surface area (Å²) in [6, 6.07) is 0.539. The summed E-state index contributed by atoms with van der Waals surface area (Å²) in [6.07, 6.45) is 9.21. The van der Waals surface area contributed by atoms with E-state index in [2.05, 4.69) is 42.5 Å². The molecule has 5 rings (SSSR count). The molecule has 1 saturated heterocycles. The Morgan fingerprint density at radius 3 is 3.00 bits per heavy atom. The zero-order chi connectivity index (χ0) is 20.7. The van der Waals surface area contributed by atoms with Crippen LogP contribution in [0.3, 0.4) is 0 Å². The van der Waals surface area contributed by atoms with E-state index < -0.39 is 0 Å². The number of fused-ring (bicyclic) bond motifs is 1. The van der Waals surface area contributed by atoms with Gasteiger partial charge in [0.15, 0.2) is 10.8 Å². The molecule has 3 N–H and O–H groups in total. The van der Waals surface area contributed by atoms with Gasteiger partial charge in [-0.25, -0.2) is 0 Å². The zero-order valence-corrected chi connectivity index (χ0v) is 17.1. The minimum Gasteiger partial charge on any atom is -0.365 e. The summed E-state index contributed by atoms with van der Waals surface area (Å²) in [5, 5.41) is 18.9. The molecule has 0 bridgehead atoms. The highest BCUT2D eigenvalue weighted by molar-refractivity contribution is 6.35.